The molecule has 28 heavy (non-hydrogen) atoms. The molecule has 1 unspecified atom stereocenters. The van der Waals surface area contributed by atoms with Crippen molar-refractivity contribution in [3.63, 3.8) is 0 Å². The topological polar surface area (TPSA) is 103 Å². The lowest BCUT2D eigenvalue weighted by Gasteiger charge is -2.18. The first kappa shape index (κ1) is 20.9. The van der Waals surface area contributed by atoms with Crippen LogP contribution in [0.25, 0.3) is 0 Å². The van der Waals surface area contributed by atoms with Gasteiger partial charge in [-0.25, -0.2) is 4.79 Å². The Morgan fingerprint density at radius 3 is 2.14 bits per heavy atom. The van der Waals surface area contributed by atoms with E-state index >= 15 is 0 Å². The van der Waals surface area contributed by atoms with Gasteiger partial charge in [0.1, 0.15) is 5.75 Å². The van der Waals surface area contributed by atoms with E-state index in [-0.39, 0.29) is 17.7 Å². The van der Waals surface area contributed by atoms with Crippen LogP contribution in [0.3, 0.4) is 0 Å². The molecule has 8 nitrogen and oxygen atoms in total. The van der Waals surface area contributed by atoms with E-state index in [0.29, 0.717) is 22.8 Å². The van der Waals surface area contributed by atoms with Crippen molar-refractivity contribution in [2.75, 3.05) is 27.9 Å². The molecular formula is C20H23NO7. The fraction of sp³-hybridized carbons (Fsp3) is 0.300. The highest BCUT2D eigenvalue weighted by Crippen LogP contribution is 2.39. The maximum absolute atomic E-state index is 12.7. The summed E-state index contributed by atoms with van der Waals surface area (Å²) < 4.78 is 21.0. The number of carboxylic acids is 1. The summed E-state index contributed by atoms with van der Waals surface area (Å²) in [5, 5.41) is 11.5. The summed E-state index contributed by atoms with van der Waals surface area (Å²) in [5.74, 6) is 0.131. The summed E-state index contributed by atoms with van der Waals surface area (Å²) in [5.41, 5.74) is 1.14. The lowest BCUT2D eigenvalue weighted by atomic mass is 10.1. The molecule has 1 atom stereocenters. The minimum atomic E-state index is -1.05. The van der Waals surface area contributed by atoms with Crippen LogP contribution < -0.4 is 24.3 Å². The number of carbonyl (C=O) groups is 2. The monoisotopic (exact) mass is 389 g/mol. The van der Waals surface area contributed by atoms with E-state index in [1.807, 2.05) is 6.92 Å². The van der Waals surface area contributed by atoms with Gasteiger partial charge in [-0.05, 0) is 36.8 Å². The molecule has 0 aliphatic heterocycles. The minimum Gasteiger partial charge on any atom is -0.493 e. The molecule has 0 fully saturated rings. The number of hydrogen-bond donors (Lipinski definition) is 2. The first-order valence-electron chi connectivity index (χ1n) is 8.45. The van der Waals surface area contributed by atoms with Crippen LogP contribution in [-0.2, 0) is 4.79 Å². The van der Waals surface area contributed by atoms with Crippen LogP contribution in [0.1, 0.15) is 28.9 Å². The van der Waals surface area contributed by atoms with Gasteiger partial charge in [0, 0.05) is 0 Å². The number of carbonyl (C=O) groups excluding carboxylic acids is 1. The van der Waals surface area contributed by atoms with Gasteiger partial charge in [-0.15, -0.1) is 0 Å². The normalized spacial score (nSPS) is 11.3. The molecule has 8 heteroatoms. The van der Waals surface area contributed by atoms with E-state index in [4.69, 9.17) is 24.1 Å². The van der Waals surface area contributed by atoms with Crippen molar-refractivity contribution >= 4 is 11.9 Å². The highest BCUT2D eigenvalue weighted by atomic mass is 16.5. The van der Waals surface area contributed by atoms with Gasteiger partial charge in [-0.3, -0.25) is 4.79 Å². The first-order chi connectivity index (χ1) is 13.4. The molecule has 2 rings (SSSR count). The molecule has 0 saturated carbocycles. The standard InChI is InChI=1S/C20H23NO7/c1-12(13-5-7-14(8-6-13)28-11-17(22)23)21-20(24)15-9-10-16(25-2)19(27-4)18(15)26-3/h5-10,12H,11H2,1-4H3,(H,21,24)(H,22,23). The van der Waals surface area contributed by atoms with Crippen molar-refractivity contribution in [2.24, 2.45) is 0 Å². The Balaban J connectivity index is 2.15. The van der Waals surface area contributed by atoms with Crippen molar-refractivity contribution in [1.82, 2.24) is 5.32 Å². The number of methoxy groups -OCH3 is 3. The zero-order valence-electron chi connectivity index (χ0n) is 16.1. The molecule has 0 heterocycles. The lowest BCUT2D eigenvalue weighted by Crippen LogP contribution is -2.27. The van der Waals surface area contributed by atoms with Gasteiger partial charge < -0.3 is 29.4 Å². The van der Waals surface area contributed by atoms with Gasteiger partial charge in [0.25, 0.3) is 5.91 Å². The third-order valence-electron chi connectivity index (χ3n) is 4.04. The Hall–Kier alpha value is -3.42. The quantitative estimate of drug-likeness (QED) is 0.679. The summed E-state index contributed by atoms with van der Waals surface area (Å²) in [6.45, 7) is 1.42. The lowest BCUT2D eigenvalue weighted by molar-refractivity contribution is -0.139. The van der Waals surface area contributed by atoms with Crippen LogP contribution in [0.4, 0.5) is 0 Å². The van der Waals surface area contributed by atoms with Crippen LogP contribution >= 0.6 is 0 Å². The van der Waals surface area contributed by atoms with Crippen molar-refractivity contribution in [3.8, 4) is 23.0 Å². The Morgan fingerprint density at radius 1 is 0.964 bits per heavy atom. The van der Waals surface area contributed by atoms with Crippen molar-refractivity contribution in [3.05, 3.63) is 47.5 Å². The third-order valence-corrected chi connectivity index (χ3v) is 4.04. The van der Waals surface area contributed by atoms with E-state index in [1.54, 1.807) is 36.4 Å². The van der Waals surface area contributed by atoms with Crippen LogP contribution in [0.2, 0.25) is 0 Å². The van der Waals surface area contributed by atoms with E-state index in [1.165, 1.54) is 21.3 Å². The second-order valence-electron chi connectivity index (χ2n) is 5.83. The number of benzene rings is 2. The molecule has 2 N–H and O–H groups in total. The molecular weight excluding hydrogens is 366 g/mol. The van der Waals surface area contributed by atoms with E-state index in [9.17, 15) is 9.59 Å². The number of nitrogens with one attached hydrogen (secondary N) is 1. The molecule has 0 spiro atoms. The van der Waals surface area contributed by atoms with Crippen LogP contribution in [0, 0.1) is 0 Å². The number of carboxylic acid groups (broad SMARTS) is 1. The molecule has 0 aromatic heterocycles. The largest absolute Gasteiger partial charge is 0.493 e. The first-order valence-corrected chi connectivity index (χ1v) is 8.45. The molecule has 150 valence electrons. The fourth-order valence-electron chi connectivity index (χ4n) is 2.64. The minimum absolute atomic E-state index is 0.281. The van der Waals surface area contributed by atoms with Gasteiger partial charge in [0.2, 0.25) is 5.75 Å². The summed E-state index contributed by atoms with van der Waals surface area (Å²) in [4.78, 5) is 23.3. The average Bonchev–Trinajstić information content (AvgIpc) is 2.70. The predicted octanol–water partition coefficient (Wildman–Crippen LogP) is 2.67. The summed E-state index contributed by atoms with van der Waals surface area (Å²) in [7, 11) is 4.43. The van der Waals surface area contributed by atoms with Gasteiger partial charge in [-0.1, -0.05) is 12.1 Å². The predicted molar refractivity (Wildman–Crippen MR) is 102 cm³/mol. The molecule has 0 aliphatic carbocycles. The smallest absolute Gasteiger partial charge is 0.341 e. The maximum Gasteiger partial charge on any atom is 0.341 e. The zero-order chi connectivity index (χ0) is 20.7. The highest BCUT2D eigenvalue weighted by Gasteiger charge is 2.22. The van der Waals surface area contributed by atoms with Crippen LogP contribution in [-0.4, -0.2) is 44.9 Å². The fourth-order valence-corrected chi connectivity index (χ4v) is 2.64. The molecule has 0 radical (unpaired) electrons. The van der Waals surface area contributed by atoms with Gasteiger partial charge in [0.15, 0.2) is 18.1 Å². The molecule has 0 bridgehead atoms. The second kappa shape index (κ2) is 9.50. The molecule has 0 aliphatic rings. The van der Waals surface area contributed by atoms with Crippen LogP contribution in [0.5, 0.6) is 23.0 Å². The number of aliphatic carboxylic acids is 1. The molecule has 0 saturated heterocycles. The Morgan fingerprint density at radius 2 is 1.61 bits per heavy atom. The Labute approximate surface area is 163 Å². The van der Waals surface area contributed by atoms with Gasteiger partial charge in [0.05, 0.1) is 32.9 Å². The van der Waals surface area contributed by atoms with E-state index < -0.39 is 12.6 Å². The van der Waals surface area contributed by atoms with E-state index in [0.717, 1.165) is 5.56 Å². The number of ether oxygens (including phenoxy) is 4. The average molecular weight is 389 g/mol. The van der Waals surface area contributed by atoms with E-state index in [2.05, 4.69) is 5.32 Å². The summed E-state index contributed by atoms with van der Waals surface area (Å²) >= 11 is 0. The SMILES string of the molecule is COc1ccc(C(=O)NC(C)c2ccc(OCC(=O)O)cc2)c(OC)c1OC. The van der Waals surface area contributed by atoms with Crippen molar-refractivity contribution < 1.29 is 33.6 Å². The molecule has 2 aromatic rings. The summed E-state index contributed by atoms with van der Waals surface area (Å²) in [6.07, 6.45) is 0. The second-order valence-corrected chi connectivity index (χ2v) is 5.83. The van der Waals surface area contributed by atoms with Gasteiger partial charge in [-0.2, -0.15) is 0 Å². The molecule has 1 amide bonds. The maximum atomic E-state index is 12.7. The van der Waals surface area contributed by atoms with Gasteiger partial charge >= 0.3 is 5.97 Å². The highest BCUT2D eigenvalue weighted by molar-refractivity contribution is 5.98. The molecule has 2 aromatic carbocycles. The van der Waals surface area contributed by atoms with Crippen molar-refractivity contribution in [2.45, 2.75) is 13.0 Å². The third kappa shape index (κ3) is 4.85. The number of amides is 1. The number of rotatable bonds is 9. The zero-order valence-corrected chi connectivity index (χ0v) is 16.1. The van der Waals surface area contributed by atoms with Crippen molar-refractivity contribution in [1.29, 1.82) is 0 Å². The summed E-state index contributed by atoms with van der Waals surface area (Å²) in [6, 6.07) is 9.75. The van der Waals surface area contributed by atoms with Crippen LogP contribution in [0.15, 0.2) is 36.4 Å². The Bertz CT molecular complexity index is 833. The number of hydrogen-bond acceptors (Lipinski definition) is 6. The Kier molecular flexibility index (Phi) is 7.08.